The molecule has 7 nitrogen and oxygen atoms in total. The van der Waals surface area contributed by atoms with Crippen LogP contribution in [0, 0.1) is 0 Å². The summed E-state index contributed by atoms with van der Waals surface area (Å²) >= 11 is 3.31. The highest BCUT2D eigenvalue weighted by molar-refractivity contribution is 9.10. The topological polar surface area (TPSA) is 84.9 Å². The number of methoxy groups -OCH3 is 1. The third kappa shape index (κ3) is 3.85. The van der Waals surface area contributed by atoms with Gasteiger partial charge in [-0.25, -0.2) is 5.01 Å². The molecular weight excluding hydrogens is 416 g/mol. The molecule has 27 heavy (non-hydrogen) atoms. The van der Waals surface area contributed by atoms with Gasteiger partial charge in [-0.15, -0.1) is 0 Å². The fraction of sp³-hybridized carbons (Fsp3) is 0.105. The number of hydrazine groups is 1. The van der Waals surface area contributed by atoms with Crippen LogP contribution in [0.25, 0.3) is 6.08 Å². The highest BCUT2D eigenvalue weighted by Gasteiger charge is 2.34. The molecule has 8 heteroatoms. The number of rotatable bonds is 4. The van der Waals surface area contributed by atoms with Crippen molar-refractivity contribution in [3.05, 3.63) is 58.1 Å². The fourth-order valence-electron chi connectivity index (χ4n) is 2.55. The van der Waals surface area contributed by atoms with Gasteiger partial charge in [-0.3, -0.25) is 19.8 Å². The van der Waals surface area contributed by atoms with Crippen molar-refractivity contribution in [2.24, 2.45) is 0 Å². The number of hydrogen-bond acceptors (Lipinski definition) is 5. The van der Waals surface area contributed by atoms with Gasteiger partial charge in [-0.1, -0.05) is 18.2 Å². The lowest BCUT2D eigenvalue weighted by Crippen LogP contribution is -2.35. The number of carbonyl (C=O) groups excluding carboxylic acids is 3. The van der Waals surface area contributed by atoms with Crippen molar-refractivity contribution in [1.82, 2.24) is 5.43 Å². The Morgan fingerprint density at radius 2 is 1.89 bits per heavy atom. The molecule has 0 spiro atoms. The lowest BCUT2D eigenvalue weighted by atomic mass is 10.1. The van der Waals surface area contributed by atoms with Crippen LogP contribution >= 0.6 is 15.9 Å². The standard InChI is InChI=1S/C19H15BrN2O5/c1-11(23)27-17-15(20)9-12(10-16(17)26-2)8-14-18(24)21-22(19(14)25)13-6-4-3-5-7-13/h3-10H,1-2H3,(H,21,24). The quantitative estimate of drug-likeness (QED) is 0.348. The fourth-order valence-corrected chi connectivity index (χ4v) is 3.09. The molecule has 1 aliphatic heterocycles. The summed E-state index contributed by atoms with van der Waals surface area (Å²) in [6.07, 6.45) is 1.45. The average Bonchev–Trinajstić information content (AvgIpc) is 2.92. The minimum absolute atomic E-state index is 0.0203. The molecule has 1 heterocycles. The van der Waals surface area contributed by atoms with Crippen molar-refractivity contribution in [1.29, 1.82) is 0 Å². The summed E-state index contributed by atoms with van der Waals surface area (Å²) in [6, 6.07) is 12.0. The van der Waals surface area contributed by atoms with Gasteiger partial charge in [0.05, 0.1) is 17.3 Å². The Balaban J connectivity index is 1.96. The van der Waals surface area contributed by atoms with Gasteiger partial charge >= 0.3 is 5.97 Å². The lowest BCUT2D eigenvalue weighted by Gasteiger charge is -2.14. The molecule has 1 saturated heterocycles. The number of benzene rings is 2. The summed E-state index contributed by atoms with van der Waals surface area (Å²) in [7, 11) is 1.43. The number of hydrogen-bond donors (Lipinski definition) is 1. The molecule has 2 amide bonds. The summed E-state index contributed by atoms with van der Waals surface area (Å²) in [6.45, 7) is 1.28. The van der Waals surface area contributed by atoms with Gasteiger partial charge in [0.15, 0.2) is 11.5 Å². The van der Waals surface area contributed by atoms with E-state index >= 15 is 0 Å². The van der Waals surface area contributed by atoms with Crippen molar-refractivity contribution in [3.63, 3.8) is 0 Å². The van der Waals surface area contributed by atoms with Gasteiger partial charge in [0.2, 0.25) is 0 Å². The van der Waals surface area contributed by atoms with Gasteiger partial charge in [0.25, 0.3) is 11.8 Å². The van der Waals surface area contributed by atoms with Crippen molar-refractivity contribution in [2.45, 2.75) is 6.92 Å². The Hall–Kier alpha value is -3.13. The van der Waals surface area contributed by atoms with Crippen molar-refractivity contribution < 1.29 is 23.9 Å². The molecule has 0 aromatic heterocycles. The molecule has 0 saturated carbocycles. The molecule has 1 fully saturated rings. The average molecular weight is 431 g/mol. The van der Waals surface area contributed by atoms with Crippen LogP contribution in [-0.2, 0) is 14.4 Å². The molecule has 2 aromatic carbocycles. The molecule has 138 valence electrons. The molecule has 1 aliphatic rings. The van der Waals surface area contributed by atoms with E-state index in [1.165, 1.54) is 25.1 Å². The smallest absolute Gasteiger partial charge is 0.308 e. The number of halogens is 1. The second kappa shape index (κ2) is 7.63. The van der Waals surface area contributed by atoms with Gasteiger partial charge in [-0.2, -0.15) is 0 Å². The zero-order valence-electron chi connectivity index (χ0n) is 14.5. The Bertz CT molecular complexity index is 956. The van der Waals surface area contributed by atoms with E-state index in [1.807, 2.05) is 6.07 Å². The molecule has 0 aliphatic carbocycles. The van der Waals surface area contributed by atoms with E-state index in [1.54, 1.807) is 36.4 Å². The number of nitrogens with one attached hydrogen (secondary N) is 1. The number of carbonyl (C=O) groups is 3. The SMILES string of the molecule is COc1cc(C=C2C(=O)NN(c3ccccc3)C2=O)cc(Br)c1OC(C)=O. The highest BCUT2D eigenvalue weighted by atomic mass is 79.9. The summed E-state index contributed by atoms with van der Waals surface area (Å²) in [5.74, 6) is -0.963. The van der Waals surface area contributed by atoms with E-state index in [0.717, 1.165) is 0 Å². The number of esters is 1. The van der Waals surface area contributed by atoms with Crippen LogP contribution in [0.1, 0.15) is 12.5 Å². The van der Waals surface area contributed by atoms with Gasteiger partial charge in [-0.05, 0) is 51.8 Å². The van der Waals surface area contributed by atoms with E-state index < -0.39 is 17.8 Å². The Morgan fingerprint density at radius 1 is 1.19 bits per heavy atom. The van der Waals surface area contributed by atoms with Crippen LogP contribution in [0.2, 0.25) is 0 Å². The predicted molar refractivity (Wildman–Crippen MR) is 102 cm³/mol. The molecule has 1 N–H and O–H groups in total. The van der Waals surface area contributed by atoms with E-state index in [0.29, 0.717) is 15.7 Å². The Labute approximate surface area is 163 Å². The maximum absolute atomic E-state index is 12.6. The number of para-hydroxylation sites is 1. The summed E-state index contributed by atoms with van der Waals surface area (Å²) < 4.78 is 10.8. The predicted octanol–water partition coefficient (Wildman–Crippen LogP) is 2.84. The van der Waals surface area contributed by atoms with Crippen molar-refractivity contribution in [2.75, 3.05) is 12.1 Å². The zero-order valence-corrected chi connectivity index (χ0v) is 16.1. The zero-order chi connectivity index (χ0) is 19.6. The second-order valence-electron chi connectivity index (χ2n) is 5.60. The van der Waals surface area contributed by atoms with Crippen LogP contribution in [0.4, 0.5) is 5.69 Å². The lowest BCUT2D eigenvalue weighted by molar-refractivity contribution is -0.132. The molecule has 0 atom stereocenters. The summed E-state index contributed by atoms with van der Waals surface area (Å²) in [4.78, 5) is 36.1. The minimum atomic E-state index is -0.511. The molecule has 0 unspecified atom stereocenters. The molecule has 2 aromatic rings. The third-order valence-corrected chi connectivity index (χ3v) is 4.30. The van der Waals surface area contributed by atoms with E-state index in [4.69, 9.17) is 9.47 Å². The number of nitrogens with zero attached hydrogens (tertiary/aromatic N) is 1. The number of ether oxygens (including phenoxy) is 2. The summed E-state index contributed by atoms with van der Waals surface area (Å²) in [5.41, 5.74) is 3.60. The molecular formula is C19H15BrN2O5. The van der Waals surface area contributed by atoms with Crippen LogP contribution in [0.15, 0.2) is 52.5 Å². The first-order valence-corrected chi connectivity index (χ1v) is 8.68. The molecule has 0 radical (unpaired) electrons. The molecule has 0 bridgehead atoms. The number of amides is 2. The maximum atomic E-state index is 12.6. The monoisotopic (exact) mass is 430 g/mol. The highest BCUT2D eigenvalue weighted by Crippen LogP contribution is 2.37. The largest absolute Gasteiger partial charge is 0.493 e. The second-order valence-corrected chi connectivity index (χ2v) is 6.46. The van der Waals surface area contributed by atoms with Crippen molar-refractivity contribution >= 4 is 45.5 Å². The normalized spacial score (nSPS) is 15.1. The van der Waals surface area contributed by atoms with Gasteiger partial charge < -0.3 is 9.47 Å². The van der Waals surface area contributed by atoms with E-state index in [-0.39, 0.29) is 17.1 Å². The Morgan fingerprint density at radius 3 is 2.52 bits per heavy atom. The van der Waals surface area contributed by atoms with E-state index in [2.05, 4.69) is 21.4 Å². The van der Waals surface area contributed by atoms with Crippen LogP contribution in [0.5, 0.6) is 11.5 Å². The molecule has 3 rings (SSSR count). The first-order valence-electron chi connectivity index (χ1n) is 7.89. The first kappa shape index (κ1) is 18.7. The third-order valence-electron chi connectivity index (χ3n) is 3.71. The van der Waals surface area contributed by atoms with E-state index in [9.17, 15) is 14.4 Å². The van der Waals surface area contributed by atoms with Crippen LogP contribution in [0.3, 0.4) is 0 Å². The number of anilines is 1. The van der Waals surface area contributed by atoms with Crippen LogP contribution < -0.4 is 19.9 Å². The summed E-state index contributed by atoms with van der Waals surface area (Å²) in [5, 5.41) is 1.19. The first-order chi connectivity index (χ1) is 12.9. The maximum Gasteiger partial charge on any atom is 0.308 e. The van der Waals surface area contributed by atoms with Crippen LogP contribution in [-0.4, -0.2) is 24.9 Å². The minimum Gasteiger partial charge on any atom is -0.493 e. The van der Waals surface area contributed by atoms with Gasteiger partial charge in [0.1, 0.15) is 5.57 Å². The van der Waals surface area contributed by atoms with Crippen molar-refractivity contribution in [3.8, 4) is 11.5 Å². The Kier molecular flexibility index (Phi) is 5.27. The van der Waals surface area contributed by atoms with Gasteiger partial charge in [0, 0.05) is 6.92 Å².